The van der Waals surface area contributed by atoms with Gasteiger partial charge in [-0.1, -0.05) is 0 Å². The Labute approximate surface area is 88.2 Å². The Hall–Kier alpha value is -1.62. The molecule has 5 nitrogen and oxygen atoms in total. The number of pyridine rings is 1. The number of rotatable bonds is 4. The third-order valence-electron chi connectivity index (χ3n) is 2.09. The zero-order valence-corrected chi connectivity index (χ0v) is 8.77. The Bertz CT molecular complexity index is 341. The number of carbonyl (C=O) groups is 1. The number of ether oxygens (including phenoxy) is 2. The quantitative estimate of drug-likeness (QED) is 0.724. The van der Waals surface area contributed by atoms with Crippen LogP contribution >= 0.6 is 0 Å². The third-order valence-corrected chi connectivity index (χ3v) is 2.09. The third kappa shape index (κ3) is 2.66. The second kappa shape index (κ2) is 5.31. The normalized spacial score (nSPS) is 11.9. The standard InChI is InChI=1S/C10H14N2O3/c1-14-9-5-7(3-4-12-9)8(6-11)10(13)15-2/h3-5,8H,6,11H2,1-2H3. The molecule has 1 aromatic rings. The molecule has 1 atom stereocenters. The van der Waals surface area contributed by atoms with E-state index in [2.05, 4.69) is 9.72 Å². The van der Waals surface area contributed by atoms with Gasteiger partial charge < -0.3 is 15.2 Å². The second-order valence-corrected chi connectivity index (χ2v) is 2.94. The lowest BCUT2D eigenvalue weighted by Crippen LogP contribution is -2.22. The van der Waals surface area contributed by atoms with Crippen molar-refractivity contribution >= 4 is 5.97 Å². The predicted octanol–water partition coefficient (Wildman–Crippen LogP) is 0.305. The summed E-state index contributed by atoms with van der Waals surface area (Å²) in [6.07, 6.45) is 1.57. The average molecular weight is 210 g/mol. The van der Waals surface area contributed by atoms with Crippen molar-refractivity contribution < 1.29 is 14.3 Å². The maximum atomic E-state index is 11.4. The molecule has 1 rings (SSSR count). The number of hydrogen-bond donors (Lipinski definition) is 1. The minimum atomic E-state index is -0.466. The molecule has 0 amide bonds. The summed E-state index contributed by atoms with van der Waals surface area (Å²) in [6.45, 7) is 0.194. The highest BCUT2D eigenvalue weighted by Crippen LogP contribution is 2.19. The minimum Gasteiger partial charge on any atom is -0.481 e. The maximum Gasteiger partial charge on any atom is 0.314 e. The van der Waals surface area contributed by atoms with Gasteiger partial charge in [-0.05, 0) is 11.6 Å². The van der Waals surface area contributed by atoms with Crippen LogP contribution in [0.5, 0.6) is 5.88 Å². The van der Waals surface area contributed by atoms with E-state index in [0.717, 1.165) is 5.56 Å². The molecule has 1 heterocycles. The van der Waals surface area contributed by atoms with Gasteiger partial charge in [-0.25, -0.2) is 4.98 Å². The van der Waals surface area contributed by atoms with Gasteiger partial charge in [0.1, 0.15) is 0 Å². The van der Waals surface area contributed by atoms with Crippen LogP contribution in [0.2, 0.25) is 0 Å². The van der Waals surface area contributed by atoms with Crippen molar-refractivity contribution in [3.8, 4) is 5.88 Å². The van der Waals surface area contributed by atoms with E-state index < -0.39 is 5.92 Å². The number of nitrogens with zero attached hydrogens (tertiary/aromatic N) is 1. The van der Waals surface area contributed by atoms with E-state index in [1.165, 1.54) is 14.2 Å². The van der Waals surface area contributed by atoms with Crippen molar-refractivity contribution in [2.45, 2.75) is 5.92 Å². The molecule has 2 N–H and O–H groups in total. The van der Waals surface area contributed by atoms with E-state index in [0.29, 0.717) is 5.88 Å². The van der Waals surface area contributed by atoms with Crippen molar-refractivity contribution in [3.05, 3.63) is 23.9 Å². The van der Waals surface area contributed by atoms with Gasteiger partial charge >= 0.3 is 5.97 Å². The fourth-order valence-corrected chi connectivity index (χ4v) is 1.26. The molecule has 5 heteroatoms. The van der Waals surface area contributed by atoms with E-state index in [4.69, 9.17) is 10.5 Å². The van der Waals surface area contributed by atoms with Crippen LogP contribution in [-0.2, 0) is 9.53 Å². The Morgan fingerprint density at radius 2 is 2.33 bits per heavy atom. The number of esters is 1. The summed E-state index contributed by atoms with van der Waals surface area (Å²) in [6, 6.07) is 3.39. The molecule has 1 unspecified atom stereocenters. The van der Waals surface area contributed by atoms with Crippen molar-refractivity contribution in [2.24, 2.45) is 5.73 Å². The first kappa shape index (κ1) is 11.5. The van der Waals surface area contributed by atoms with Crippen LogP contribution in [0, 0.1) is 0 Å². The number of aromatic nitrogens is 1. The highest BCUT2D eigenvalue weighted by atomic mass is 16.5. The zero-order valence-electron chi connectivity index (χ0n) is 8.77. The molecule has 15 heavy (non-hydrogen) atoms. The predicted molar refractivity (Wildman–Crippen MR) is 54.6 cm³/mol. The summed E-state index contributed by atoms with van der Waals surface area (Å²) in [5.74, 6) is -0.368. The van der Waals surface area contributed by atoms with Crippen LogP contribution in [0.1, 0.15) is 11.5 Å². The van der Waals surface area contributed by atoms with E-state index in [1.54, 1.807) is 18.3 Å². The first-order valence-electron chi connectivity index (χ1n) is 4.50. The summed E-state index contributed by atoms with van der Waals surface area (Å²) in [5, 5.41) is 0. The second-order valence-electron chi connectivity index (χ2n) is 2.94. The van der Waals surface area contributed by atoms with Crippen LogP contribution in [0.3, 0.4) is 0 Å². The molecule has 0 aliphatic rings. The summed E-state index contributed by atoms with van der Waals surface area (Å²) >= 11 is 0. The van der Waals surface area contributed by atoms with Crippen LogP contribution in [0.4, 0.5) is 0 Å². The fraction of sp³-hybridized carbons (Fsp3) is 0.400. The van der Waals surface area contributed by atoms with Gasteiger partial charge in [0.2, 0.25) is 5.88 Å². The van der Waals surface area contributed by atoms with Gasteiger partial charge in [0.05, 0.1) is 20.1 Å². The Balaban J connectivity index is 2.96. The first-order chi connectivity index (χ1) is 7.22. The summed E-state index contributed by atoms with van der Waals surface area (Å²) in [5.41, 5.74) is 6.26. The van der Waals surface area contributed by atoms with E-state index >= 15 is 0 Å². The van der Waals surface area contributed by atoms with Crippen LogP contribution in [-0.4, -0.2) is 31.7 Å². The zero-order chi connectivity index (χ0) is 11.3. The largest absolute Gasteiger partial charge is 0.481 e. The minimum absolute atomic E-state index is 0.194. The fourth-order valence-electron chi connectivity index (χ4n) is 1.26. The number of nitrogens with two attached hydrogens (primary N) is 1. The highest BCUT2D eigenvalue weighted by Gasteiger charge is 2.20. The van der Waals surface area contributed by atoms with Gasteiger partial charge in [0.25, 0.3) is 0 Å². The lowest BCUT2D eigenvalue weighted by molar-refractivity contribution is -0.142. The molecular weight excluding hydrogens is 196 g/mol. The molecule has 0 aliphatic heterocycles. The topological polar surface area (TPSA) is 74.4 Å². The molecule has 0 aliphatic carbocycles. The molecular formula is C10H14N2O3. The smallest absolute Gasteiger partial charge is 0.314 e. The van der Waals surface area contributed by atoms with Gasteiger partial charge in [-0.15, -0.1) is 0 Å². The molecule has 0 aromatic carbocycles. The molecule has 0 spiro atoms. The SMILES string of the molecule is COC(=O)C(CN)c1ccnc(OC)c1. The van der Waals surface area contributed by atoms with Gasteiger partial charge in [-0.3, -0.25) is 4.79 Å². The molecule has 0 saturated heterocycles. The summed E-state index contributed by atoms with van der Waals surface area (Å²) in [7, 11) is 2.85. The highest BCUT2D eigenvalue weighted by molar-refractivity contribution is 5.78. The van der Waals surface area contributed by atoms with Crippen LogP contribution in [0.25, 0.3) is 0 Å². The Morgan fingerprint density at radius 1 is 1.60 bits per heavy atom. The van der Waals surface area contributed by atoms with Crippen LogP contribution < -0.4 is 10.5 Å². The van der Waals surface area contributed by atoms with E-state index in [-0.39, 0.29) is 12.5 Å². The number of methoxy groups -OCH3 is 2. The van der Waals surface area contributed by atoms with Gasteiger partial charge in [0, 0.05) is 18.8 Å². The van der Waals surface area contributed by atoms with Crippen molar-refractivity contribution in [3.63, 3.8) is 0 Å². The number of carbonyl (C=O) groups excluding carboxylic acids is 1. The first-order valence-corrected chi connectivity index (χ1v) is 4.50. The average Bonchev–Trinajstić information content (AvgIpc) is 2.30. The molecule has 0 bridgehead atoms. The summed E-state index contributed by atoms with van der Waals surface area (Å²) < 4.78 is 9.61. The Morgan fingerprint density at radius 3 is 2.87 bits per heavy atom. The van der Waals surface area contributed by atoms with E-state index in [9.17, 15) is 4.79 Å². The van der Waals surface area contributed by atoms with Crippen molar-refractivity contribution in [2.75, 3.05) is 20.8 Å². The lowest BCUT2D eigenvalue weighted by Gasteiger charge is -2.12. The molecule has 0 radical (unpaired) electrons. The summed E-state index contributed by atoms with van der Waals surface area (Å²) in [4.78, 5) is 15.3. The molecule has 82 valence electrons. The molecule has 1 aromatic heterocycles. The Kier molecular flexibility index (Phi) is 4.05. The van der Waals surface area contributed by atoms with Crippen molar-refractivity contribution in [1.82, 2.24) is 4.98 Å². The monoisotopic (exact) mass is 210 g/mol. The van der Waals surface area contributed by atoms with E-state index in [1.807, 2.05) is 0 Å². The lowest BCUT2D eigenvalue weighted by atomic mass is 10.0. The van der Waals surface area contributed by atoms with Crippen LogP contribution in [0.15, 0.2) is 18.3 Å². The number of hydrogen-bond acceptors (Lipinski definition) is 5. The maximum absolute atomic E-state index is 11.4. The molecule has 0 saturated carbocycles. The van der Waals surface area contributed by atoms with Gasteiger partial charge in [0.15, 0.2) is 0 Å². The van der Waals surface area contributed by atoms with Crippen molar-refractivity contribution in [1.29, 1.82) is 0 Å². The van der Waals surface area contributed by atoms with Gasteiger partial charge in [-0.2, -0.15) is 0 Å². The molecule has 0 fully saturated rings.